The number of carbonyl (C=O) groups excluding carboxylic acids is 2. The minimum absolute atomic E-state index is 0.00794. The van der Waals surface area contributed by atoms with Crippen LogP contribution in [0.15, 0.2) is 82.6 Å². The van der Waals surface area contributed by atoms with Gasteiger partial charge in [-0.05, 0) is 38.1 Å². The van der Waals surface area contributed by atoms with Gasteiger partial charge in [-0.2, -0.15) is 9.44 Å². The standard InChI is InChI=1S/C34H42N4O8S4/c1-7-45-33(39)27(35-49(41,42)31-19-11-13-23-25(31)15-9-17-29(23)37(3)4)21-47-48-22-28(34(40)46-8-2)36-50(43,44)32-20-12-14-24-26(32)16-10-18-30(24)38(5)6/h9-20,27-28,35-36H,7-8,21-22H2,1-6H3/t27-,28-/m0/s1. The van der Waals surface area contributed by atoms with Crippen LogP contribution in [0.1, 0.15) is 13.8 Å². The molecule has 0 unspecified atom stereocenters. The maximum absolute atomic E-state index is 13.7. The SMILES string of the molecule is CCOC(=O)[C@H](CSSC[C@H](NS(=O)(=O)c1cccc2c(N(C)C)cccc12)C(=O)OCC)NS(=O)(=O)c1cccc2c(N(C)C)cccc12. The molecule has 12 nitrogen and oxygen atoms in total. The van der Waals surface area contributed by atoms with Crippen LogP contribution >= 0.6 is 21.6 Å². The van der Waals surface area contributed by atoms with Crippen LogP contribution in [0.2, 0.25) is 0 Å². The number of anilines is 2. The molecule has 2 atom stereocenters. The van der Waals surface area contributed by atoms with E-state index in [0.29, 0.717) is 10.8 Å². The molecule has 270 valence electrons. The molecular formula is C34H42N4O8S4. The molecule has 4 rings (SSSR count). The Kier molecular flexibility index (Phi) is 13.4. The molecule has 0 fully saturated rings. The summed E-state index contributed by atoms with van der Waals surface area (Å²) in [7, 11) is 1.21. The molecule has 2 N–H and O–H groups in total. The van der Waals surface area contributed by atoms with E-state index in [-0.39, 0.29) is 34.5 Å². The zero-order valence-corrected chi connectivity index (χ0v) is 32.0. The topological polar surface area (TPSA) is 151 Å². The maximum atomic E-state index is 13.7. The van der Waals surface area contributed by atoms with Crippen molar-refractivity contribution in [2.24, 2.45) is 0 Å². The van der Waals surface area contributed by atoms with Gasteiger partial charge < -0.3 is 19.3 Å². The molecule has 0 aliphatic rings. The minimum atomic E-state index is -4.21. The van der Waals surface area contributed by atoms with Gasteiger partial charge in [0, 0.05) is 72.6 Å². The Morgan fingerprint density at radius 3 is 1.28 bits per heavy atom. The van der Waals surface area contributed by atoms with Gasteiger partial charge in [-0.25, -0.2) is 16.8 Å². The monoisotopic (exact) mass is 762 g/mol. The third-order valence-electron chi connectivity index (χ3n) is 7.55. The molecule has 0 amide bonds. The Hall–Kier alpha value is -3.54. The second-order valence-electron chi connectivity index (χ2n) is 11.5. The lowest BCUT2D eigenvalue weighted by atomic mass is 10.1. The second kappa shape index (κ2) is 17.1. The molecule has 4 aromatic rings. The Morgan fingerprint density at radius 2 is 0.940 bits per heavy atom. The fourth-order valence-corrected chi connectivity index (χ4v) is 10.6. The number of nitrogens with zero attached hydrogens (tertiary/aromatic N) is 2. The molecular weight excluding hydrogens is 721 g/mol. The summed E-state index contributed by atoms with van der Waals surface area (Å²) in [5, 5.41) is 2.44. The number of sulfonamides is 2. The molecule has 50 heavy (non-hydrogen) atoms. The van der Waals surface area contributed by atoms with E-state index in [2.05, 4.69) is 9.44 Å². The summed E-state index contributed by atoms with van der Waals surface area (Å²) in [5.74, 6) is -1.69. The van der Waals surface area contributed by atoms with Crippen LogP contribution in [-0.4, -0.2) is 93.8 Å². The van der Waals surface area contributed by atoms with Crippen LogP contribution in [0, 0.1) is 0 Å². The third-order valence-corrected chi connectivity index (χ3v) is 13.0. The van der Waals surface area contributed by atoms with Gasteiger partial charge in [-0.3, -0.25) is 9.59 Å². The highest BCUT2D eigenvalue weighted by molar-refractivity contribution is 8.76. The van der Waals surface area contributed by atoms with Crippen LogP contribution in [0.25, 0.3) is 21.5 Å². The van der Waals surface area contributed by atoms with E-state index >= 15 is 0 Å². The first-order chi connectivity index (χ1) is 23.7. The molecule has 0 aliphatic heterocycles. The van der Waals surface area contributed by atoms with Crippen LogP contribution in [0.3, 0.4) is 0 Å². The van der Waals surface area contributed by atoms with Gasteiger partial charge in [0.25, 0.3) is 0 Å². The number of ether oxygens (including phenoxy) is 2. The Labute approximate surface area is 301 Å². The van der Waals surface area contributed by atoms with Gasteiger partial charge in [-0.1, -0.05) is 70.1 Å². The van der Waals surface area contributed by atoms with Crippen molar-refractivity contribution in [3.8, 4) is 0 Å². The summed E-state index contributed by atoms with van der Waals surface area (Å²) in [5.41, 5.74) is 1.66. The predicted octanol–water partition coefficient (Wildman–Crippen LogP) is 4.63. The minimum Gasteiger partial charge on any atom is -0.465 e. The number of fused-ring (bicyclic) bond motifs is 2. The lowest BCUT2D eigenvalue weighted by molar-refractivity contribution is -0.145. The van der Waals surface area contributed by atoms with E-state index < -0.39 is 44.1 Å². The quantitative estimate of drug-likeness (QED) is 0.0878. The summed E-state index contributed by atoms with van der Waals surface area (Å²) in [4.78, 5) is 29.7. The van der Waals surface area contributed by atoms with Crippen molar-refractivity contribution in [1.82, 2.24) is 9.44 Å². The molecule has 0 spiro atoms. The average molecular weight is 763 g/mol. The number of rotatable bonds is 17. The number of carbonyl (C=O) groups is 2. The smallest absolute Gasteiger partial charge is 0.325 e. The Bertz CT molecular complexity index is 1910. The fraction of sp³-hybridized carbons (Fsp3) is 0.353. The van der Waals surface area contributed by atoms with E-state index in [0.717, 1.165) is 43.7 Å². The molecule has 0 saturated heterocycles. The van der Waals surface area contributed by atoms with Crippen LogP contribution in [0.4, 0.5) is 11.4 Å². The summed E-state index contributed by atoms with van der Waals surface area (Å²) < 4.78 is 70.2. The first kappa shape index (κ1) is 39.2. The highest BCUT2D eigenvalue weighted by Gasteiger charge is 2.31. The van der Waals surface area contributed by atoms with Gasteiger partial charge in [0.05, 0.1) is 23.0 Å². The van der Waals surface area contributed by atoms with Gasteiger partial charge in [0.15, 0.2) is 0 Å². The van der Waals surface area contributed by atoms with Crippen molar-refractivity contribution in [2.75, 3.05) is 62.7 Å². The summed E-state index contributed by atoms with van der Waals surface area (Å²) >= 11 is 0. The molecule has 0 heterocycles. The molecule has 0 bridgehead atoms. The maximum Gasteiger partial charge on any atom is 0.325 e. The largest absolute Gasteiger partial charge is 0.465 e. The van der Waals surface area contributed by atoms with E-state index in [4.69, 9.17) is 9.47 Å². The van der Waals surface area contributed by atoms with E-state index in [1.54, 1.807) is 50.2 Å². The molecule has 0 saturated carbocycles. The fourth-order valence-electron chi connectivity index (χ4n) is 5.30. The highest BCUT2D eigenvalue weighted by atomic mass is 33.1. The van der Waals surface area contributed by atoms with Crippen molar-refractivity contribution < 1.29 is 35.9 Å². The van der Waals surface area contributed by atoms with E-state index in [1.165, 1.54) is 12.1 Å². The molecule has 4 aromatic carbocycles. The molecule has 16 heteroatoms. The van der Waals surface area contributed by atoms with Crippen LogP contribution < -0.4 is 19.2 Å². The average Bonchev–Trinajstić information content (AvgIpc) is 3.07. The zero-order chi connectivity index (χ0) is 36.6. The predicted molar refractivity (Wildman–Crippen MR) is 203 cm³/mol. The zero-order valence-electron chi connectivity index (χ0n) is 28.7. The number of esters is 2. The number of benzene rings is 4. The van der Waals surface area contributed by atoms with Crippen LogP contribution in [-0.2, 0) is 39.1 Å². The van der Waals surface area contributed by atoms with Gasteiger partial charge in [-0.15, -0.1) is 0 Å². The van der Waals surface area contributed by atoms with Crippen LogP contribution in [0.5, 0.6) is 0 Å². The lowest BCUT2D eigenvalue weighted by Crippen LogP contribution is -2.44. The summed E-state index contributed by atoms with van der Waals surface area (Å²) in [6.45, 7) is 3.30. The number of hydrogen-bond acceptors (Lipinski definition) is 12. The van der Waals surface area contributed by atoms with Crippen molar-refractivity contribution in [1.29, 1.82) is 0 Å². The summed E-state index contributed by atoms with van der Waals surface area (Å²) in [6, 6.07) is 18.0. The first-order valence-corrected chi connectivity index (χ1v) is 21.2. The summed E-state index contributed by atoms with van der Waals surface area (Å²) in [6.07, 6.45) is 0. The van der Waals surface area contributed by atoms with Gasteiger partial charge in [0.1, 0.15) is 12.1 Å². The highest BCUT2D eigenvalue weighted by Crippen LogP contribution is 2.32. The molecule has 0 aromatic heterocycles. The first-order valence-electron chi connectivity index (χ1n) is 15.7. The van der Waals surface area contributed by atoms with Gasteiger partial charge >= 0.3 is 11.9 Å². The van der Waals surface area contributed by atoms with Crippen molar-refractivity contribution in [3.63, 3.8) is 0 Å². The molecule has 0 radical (unpaired) electrons. The van der Waals surface area contributed by atoms with E-state index in [9.17, 15) is 26.4 Å². The third kappa shape index (κ3) is 9.22. The molecule has 0 aliphatic carbocycles. The normalized spacial score (nSPS) is 13.2. The van der Waals surface area contributed by atoms with Crippen molar-refractivity contribution in [3.05, 3.63) is 72.8 Å². The number of hydrogen-bond donors (Lipinski definition) is 2. The second-order valence-corrected chi connectivity index (χ2v) is 17.4. The van der Waals surface area contributed by atoms with Gasteiger partial charge in [0.2, 0.25) is 20.0 Å². The lowest BCUT2D eigenvalue weighted by Gasteiger charge is -2.20. The van der Waals surface area contributed by atoms with Crippen molar-refractivity contribution in [2.45, 2.75) is 35.7 Å². The number of nitrogens with one attached hydrogen (secondary N) is 2. The Morgan fingerprint density at radius 1 is 0.600 bits per heavy atom. The van der Waals surface area contributed by atoms with Crippen molar-refractivity contribution >= 4 is 86.5 Å². The Balaban J connectivity index is 1.52. The van der Waals surface area contributed by atoms with E-state index in [1.807, 2.05) is 62.3 Å².